The molecule has 8 nitrogen and oxygen atoms in total. The predicted molar refractivity (Wildman–Crippen MR) is 123 cm³/mol. The fourth-order valence-corrected chi connectivity index (χ4v) is 3.80. The molecule has 1 saturated heterocycles. The van der Waals surface area contributed by atoms with Crippen LogP contribution in [0.1, 0.15) is 18.4 Å². The first-order valence-corrected chi connectivity index (χ1v) is 11.1. The van der Waals surface area contributed by atoms with Crippen LogP contribution in [0.5, 0.6) is 17.2 Å². The van der Waals surface area contributed by atoms with Gasteiger partial charge in [0.25, 0.3) is 0 Å². The van der Waals surface area contributed by atoms with E-state index in [1.54, 1.807) is 32.4 Å². The Labute approximate surface area is 201 Å². The smallest absolute Gasteiger partial charge is 0.416 e. The summed E-state index contributed by atoms with van der Waals surface area (Å²) < 4.78 is 55.0. The van der Waals surface area contributed by atoms with Crippen molar-refractivity contribution >= 4 is 17.6 Å². The Morgan fingerprint density at radius 3 is 2.26 bits per heavy atom. The maximum Gasteiger partial charge on any atom is 0.416 e. The van der Waals surface area contributed by atoms with Crippen LogP contribution in [0, 0.1) is 5.92 Å². The highest BCUT2D eigenvalue weighted by atomic mass is 19.4. The number of piperidine rings is 1. The second-order valence-corrected chi connectivity index (χ2v) is 7.98. The number of methoxy groups -OCH3 is 2. The van der Waals surface area contributed by atoms with Gasteiger partial charge in [0.15, 0.2) is 11.5 Å². The number of anilines is 1. The summed E-state index contributed by atoms with van der Waals surface area (Å²) >= 11 is 0. The van der Waals surface area contributed by atoms with E-state index in [0.717, 1.165) is 12.1 Å². The summed E-state index contributed by atoms with van der Waals surface area (Å²) in [7, 11) is 3.11. The first kappa shape index (κ1) is 26.1. The third kappa shape index (κ3) is 7.25. The Morgan fingerprint density at radius 2 is 1.66 bits per heavy atom. The number of nitrogens with one attached hydrogen (secondary N) is 2. The molecule has 0 saturated carbocycles. The number of hydrogen-bond acceptors (Lipinski definition) is 6. The van der Waals surface area contributed by atoms with Crippen molar-refractivity contribution in [1.82, 2.24) is 10.2 Å². The third-order valence-corrected chi connectivity index (χ3v) is 5.68. The molecule has 0 aliphatic carbocycles. The number of alkyl halides is 3. The normalized spacial score (nSPS) is 14.8. The van der Waals surface area contributed by atoms with E-state index in [4.69, 9.17) is 14.2 Å². The van der Waals surface area contributed by atoms with E-state index in [-0.39, 0.29) is 11.6 Å². The lowest BCUT2D eigenvalue weighted by atomic mass is 9.96. The number of nitrogens with zero attached hydrogens (tertiary/aromatic N) is 1. The molecule has 2 N–H and O–H groups in total. The number of imide groups is 1. The minimum Gasteiger partial charge on any atom is -0.493 e. The van der Waals surface area contributed by atoms with Crippen molar-refractivity contribution in [1.29, 1.82) is 0 Å². The Morgan fingerprint density at radius 1 is 1.03 bits per heavy atom. The molecule has 1 aliphatic rings. The average Bonchev–Trinajstić information content (AvgIpc) is 2.84. The van der Waals surface area contributed by atoms with Gasteiger partial charge >= 0.3 is 12.2 Å². The van der Waals surface area contributed by atoms with Gasteiger partial charge in [-0.05, 0) is 56.3 Å². The number of rotatable bonds is 8. The summed E-state index contributed by atoms with van der Waals surface area (Å²) in [4.78, 5) is 26.7. The molecule has 0 bridgehead atoms. The van der Waals surface area contributed by atoms with E-state index in [1.165, 1.54) is 12.1 Å². The molecule has 2 aromatic rings. The van der Waals surface area contributed by atoms with Gasteiger partial charge in [-0.15, -0.1) is 0 Å². The summed E-state index contributed by atoms with van der Waals surface area (Å²) in [6.45, 7) is 2.30. The number of urea groups is 1. The Bertz CT molecular complexity index is 1000. The molecule has 0 unspecified atom stereocenters. The highest BCUT2D eigenvalue weighted by molar-refractivity contribution is 6.01. The number of hydrogen-bond donors (Lipinski definition) is 2. The van der Waals surface area contributed by atoms with Crippen molar-refractivity contribution in [3.8, 4) is 17.2 Å². The minimum absolute atomic E-state index is 0.0494. The Kier molecular flexibility index (Phi) is 8.80. The lowest BCUT2D eigenvalue weighted by molar-refractivity contribution is -0.137. The van der Waals surface area contributed by atoms with Gasteiger partial charge in [-0.1, -0.05) is 12.1 Å². The maximum atomic E-state index is 12.8. The van der Waals surface area contributed by atoms with Gasteiger partial charge in [0.2, 0.25) is 11.7 Å². The topological polar surface area (TPSA) is 89.1 Å². The summed E-state index contributed by atoms with van der Waals surface area (Å²) in [6, 6.07) is 8.72. The molecule has 0 atom stereocenters. The lowest BCUT2D eigenvalue weighted by Gasteiger charge is -2.31. The van der Waals surface area contributed by atoms with Crippen LogP contribution in [0.4, 0.5) is 23.7 Å². The zero-order chi connectivity index (χ0) is 25.4. The van der Waals surface area contributed by atoms with Crippen molar-refractivity contribution in [2.75, 3.05) is 45.8 Å². The van der Waals surface area contributed by atoms with Crippen LogP contribution in [0.2, 0.25) is 0 Å². The highest BCUT2D eigenvalue weighted by Gasteiger charge is 2.31. The molecule has 0 radical (unpaired) electrons. The molecular weight excluding hydrogens is 467 g/mol. The van der Waals surface area contributed by atoms with Crippen molar-refractivity contribution < 1.29 is 37.0 Å². The highest BCUT2D eigenvalue weighted by Crippen LogP contribution is 2.36. The van der Waals surface area contributed by atoms with E-state index < -0.39 is 23.7 Å². The van der Waals surface area contributed by atoms with Gasteiger partial charge in [0, 0.05) is 18.2 Å². The molecule has 0 spiro atoms. The molecule has 1 heterocycles. The van der Waals surface area contributed by atoms with Crippen LogP contribution in [-0.2, 0) is 11.0 Å². The van der Waals surface area contributed by atoms with Gasteiger partial charge in [-0.25, -0.2) is 4.79 Å². The minimum atomic E-state index is -4.53. The molecule has 11 heteroatoms. The molecule has 2 aromatic carbocycles. The maximum absolute atomic E-state index is 12.8. The molecule has 1 aliphatic heterocycles. The second-order valence-electron chi connectivity index (χ2n) is 7.98. The number of carbonyl (C=O) groups is 2. The summed E-state index contributed by atoms with van der Waals surface area (Å²) in [6.07, 6.45) is -3.44. The van der Waals surface area contributed by atoms with Gasteiger partial charge in [0.1, 0.15) is 6.61 Å². The fourth-order valence-electron chi connectivity index (χ4n) is 3.80. The van der Waals surface area contributed by atoms with Gasteiger partial charge < -0.3 is 19.5 Å². The molecule has 35 heavy (non-hydrogen) atoms. The zero-order valence-electron chi connectivity index (χ0n) is 19.5. The number of likely N-dealkylation sites (tertiary alicyclic amines) is 1. The standard InChI is InChI=1S/C24H28F3N3O5/c1-33-19-7-4-8-20(34-2)21(19)35-14-13-30-11-9-16(10-12-30)22(31)29-23(32)28-18-6-3-5-17(15-18)24(25,26)27/h3-8,15-16H,9-14H2,1-2H3,(H2,28,29,31,32). The zero-order valence-corrected chi connectivity index (χ0v) is 19.5. The molecule has 1 fully saturated rings. The molecule has 0 aromatic heterocycles. The number of carbonyl (C=O) groups excluding carboxylic acids is 2. The first-order valence-electron chi connectivity index (χ1n) is 11.1. The SMILES string of the molecule is COc1cccc(OC)c1OCCN1CCC(C(=O)NC(=O)Nc2cccc(C(F)(F)F)c2)CC1. The second kappa shape index (κ2) is 11.8. The van der Waals surface area contributed by atoms with Crippen molar-refractivity contribution in [3.63, 3.8) is 0 Å². The van der Waals surface area contributed by atoms with Crippen LogP contribution in [0.25, 0.3) is 0 Å². The molecular formula is C24H28F3N3O5. The summed E-state index contributed by atoms with van der Waals surface area (Å²) in [5.74, 6) is 0.850. The van der Waals surface area contributed by atoms with Gasteiger partial charge in [-0.3, -0.25) is 15.0 Å². The number of para-hydroxylation sites is 1. The summed E-state index contributed by atoms with van der Waals surface area (Å²) in [5.41, 5.74) is -0.936. The van der Waals surface area contributed by atoms with Crippen molar-refractivity contribution in [3.05, 3.63) is 48.0 Å². The predicted octanol–water partition coefficient (Wildman–Crippen LogP) is 4.16. The van der Waals surface area contributed by atoms with Gasteiger partial charge in [0.05, 0.1) is 19.8 Å². The van der Waals surface area contributed by atoms with Crippen LogP contribution < -0.4 is 24.8 Å². The molecule has 190 valence electrons. The Balaban J connectivity index is 1.42. The van der Waals surface area contributed by atoms with E-state index in [1.807, 2.05) is 0 Å². The van der Waals surface area contributed by atoms with Gasteiger partial charge in [-0.2, -0.15) is 13.2 Å². The van der Waals surface area contributed by atoms with E-state index >= 15 is 0 Å². The largest absolute Gasteiger partial charge is 0.493 e. The summed E-state index contributed by atoms with van der Waals surface area (Å²) in [5, 5.41) is 4.50. The van der Waals surface area contributed by atoms with Crippen LogP contribution >= 0.6 is 0 Å². The van der Waals surface area contributed by atoms with Crippen LogP contribution in [0.15, 0.2) is 42.5 Å². The van der Waals surface area contributed by atoms with E-state index in [2.05, 4.69) is 15.5 Å². The first-order chi connectivity index (χ1) is 16.7. The van der Waals surface area contributed by atoms with Crippen molar-refractivity contribution in [2.24, 2.45) is 5.92 Å². The number of halogens is 3. The van der Waals surface area contributed by atoms with E-state index in [9.17, 15) is 22.8 Å². The number of amides is 3. The average molecular weight is 495 g/mol. The van der Waals surface area contributed by atoms with Crippen LogP contribution in [0.3, 0.4) is 0 Å². The van der Waals surface area contributed by atoms with Crippen molar-refractivity contribution in [2.45, 2.75) is 19.0 Å². The van der Waals surface area contributed by atoms with Crippen LogP contribution in [-0.4, -0.2) is 57.3 Å². The number of benzene rings is 2. The monoisotopic (exact) mass is 495 g/mol. The van der Waals surface area contributed by atoms with E-state index in [0.29, 0.717) is 56.3 Å². The Hall–Kier alpha value is -3.47. The fraction of sp³-hybridized carbons (Fsp3) is 0.417. The third-order valence-electron chi connectivity index (χ3n) is 5.68. The number of ether oxygens (including phenoxy) is 3. The molecule has 3 rings (SSSR count). The molecule has 3 amide bonds. The quantitative estimate of drug-likeness (QED) is 0.572. The lowest BCUT2D eigenvalue weighted by Crippen LogP contribution is -2.44.